The summed E-state index contributed by atoms with van der Waals surface area (Å²) < 4.78 is 0. The Balaban J connectivity index is 1.81. The highest BCUT2D eigenvalue weighted by atomic mass is 32.1. The molecule has 25 heavy (non-hydrogen) atoms. The standard InChI is InChI=1S/C20H27N3OS/c1-15-6-7-17-18(14-25-19(17)11-15)20(24)23(10-9-22(2)3)13-16-5-4-8-21-12-16/h4-5,8,12,14-15H,6-7,9-11,13H2,1-3H3. The fourth-order valence-electron chi connectivity index (χ4n) is 3.31. The summed E-state index contributed by atoms with van der Waals surface area (Å²) >= 11 is 1.76. The van der Waals surface area contributed by atoms with E-state index in [-0.39, 0.29) is 5.91 Å². The zero-order valence-electron chi connectivity index (χ0n) is 15.4. The number of carbonyl (C=O) groups is 1. The highest BCUT2D eigenvalue weighted by molar-refractivity contribution is 7.10. The molecule has 5 heteroatoms. The zero-order valence-corrected chi connectivity index (χ0v) is 16.2. The maximum Gasteiger partial charge on any atom is 0.255 e. The molecule has 1 unspecified atom stereocenters. The molecule has 0 radical (unpaired) electrons. The number of amides is 1. The van der Waals surface area contributed by atoms with Crippen LogP contribution in [0.5, 0.6) is 0 Å². The molecule has 0 aromatic carbocycles. The first-order chi connectivity index (χ1) is 12.0. The van der Waals surface area contributed by atoms with Crippen molar-refractivity contribution in [3.8, 4) is 0 Å². The molecule has 0 bridgehead atoms. The summed E-state index contributed by atoms with van der Waals surface area (Å²) in [6.07, 6.45) is 6.96. The Bertz CT molecular complexity index is 711. The highest BCUT2D eigenvalue weighted by Crippen LogP contribution is 2.33. The van der Waals surface area contributed by atoms with Crippen molar-refractivity contribution in [2.24, 2.45) is 5.92 Å². The third kappa shape index (κ3) is 4.47. The van der Waals surface area contributed by atoms with Crippen LogP contribution in [-0.2, 0) is 19.4 Å². The number of carbonyl (C=O) groups excluding carboxylic acids is 1. The molecular weight excluding hydrogens is 330 g/mol. The number of likely N-dealkylation sites (N-methyl/N-ethyl adjacent to an activating group) is 1. The fraction of sp³-hybridized carbons (Fsp3) is 0.500. The summed E-state index contributed by atoms with van der Waals surface area (Å²) in [5.41, 5.74) is 3.30. The van der Waals surface area contributed by atoms with Crippen molar-refractivity contribution in [1.82, 2.24) is 14.8 Å². The second-order valence-electron chi connectivity index (χ2n) is 7.29. The number of rotatable bonds is 6. The van der Waals surface area contributed by atoms with Gasteiger partial charge in [0.05, 0.1) is 5.56 Å². The summed E-state index contributed by atoms with van der Waals surface area (Å²) in [4.78, 5) is 23.0. The van der Waals surface area contributed by atoms with Gasteiger partial charge in [0.2, 0.25) is 0 Å². The number of nitrogens with zero attached hydrogens (tertiary/aromatic N) is 3. The smallest absolute Gasteiger partial charge is 0.255 e. The molecule has 0 saturated heterocycles. The predicted molar refractivity (Wildman–Crippen MR) is 103 cm³/mol. The quantitative estimate of drug-likeness (QED) is 0.794. The Labute approximate surface area is 154 Å². The Morgan fingerprint density at radius 1 is 1.36 bits per heavy atom. The number of fused-ring (bicyclic) bond motifs is 1. The van der Waals surface area contributed by atoms with Gasteiger partial charge in [0.1, 0.15) is 0 Å². The lowest BCUT2D eigenvalue weighted by atomic mass is 9.88. The third-order valence-corrected chi connectivity index (χ3v) is 5.88. The van der Waals surface area contributed by atoms with E-state index in [0.717, 1.165) is 43.0 Å². The second kappa shape index (κ2) is 8.11. The van der Waals surface area contributed by atoms with Crippen LogP contribution >= 0.6 is 11.3 Å². The lowest BCUT2D eigenvalue weighted by Crippen LogP contribution is -2.36. The molecule has 1 aliphatic rings. The van der Waals surface area contributed by atoms with Crippen molar-refractivity contribution in [1.29, 1.82) is 0 Å². The van der Waals surface area contributed by atoms with Crippen LogP contribution in [0.3, 0.4) is 0 Å². The Morgan fingerprint density at radius 3 is 2.92 bits per heavy atom. The summed E-state index contributed by atoms with van der Waals surface area (Å²) in [5.74, 6) is 0.895. The van der Waals surface area contributed by atoms with E-state index >= 15 is 0 Å². The van der Waals surface area contributed by atoms with Crippen molar-refractivity contribution >= 4 is 17.2 Å². The third-order valence-electron chi connectivity index (χ3n) is 4.83. The molecule has 3 rings (SSSR count). The molecule has 0 spiro atoms. The first-order valence-electron chi connectivity index (χ1n) is 8.96. The minimum Gasteiger partial charge on any atom is -0.333 e. The van der Waals surface area contributed by atoms with Crippen molar-refractivity contribution in [3.63, 3.8) is 0 Å². The van der Waals surface area contributed by atoms with Gasteiger partial charge < -0.3 is 9.80 Å². The molecule has 134 valence electrons. The number of aromatic nitrogens is 1. The number of pyridine rings is 1. The first-order valence-corrected chi connectivity index (χ1v) is 9.84. The second-order valence-corrected chi connectivity index (χ2v) is 8.25. The van der Waals surface area contributed by atoms with E-state index in [1.54, 1.807) is 17.5 Å². The van der Waals surface area contributed by atoms with E-state index in [1.807, 2.05) is 37.3 Å². The molecule has 2 aromatic heterocycles. The number of hydrogen-bond donors (Lipinski definition) is 0. The van der Waals surface area contributed by atoms with Crippen molar-refractivity contribution in [2.75, 3.05) is 27.2 Å². The van der Waals surface area contributed by atoms with Crippen LogP contribution in [0.4, 0.5) is 0 Å². The fourth-order valence-corrected chi connectivity index (χ4v) is 4.55. The summed E-state index contributed by atoms with van der Waals surface area (Å²) in [6.45, 7) is 4.49. The van der Waals surface area contributed by atoms with Gasteiger partial charge in [-0.25, -0.2) is 0 Å². The Hall–Kier alpha value is -1.72. The van der Waals surface area contributed by atoms with Gasteiger partial charge in [0, 0.05) is 42.3 Å². The maximum absolute atomic E-state index is 13.3. The highest BCUT2D eigenvalue weighted by Gasteiger charge is 2.26. The molecule has 1 aliphatic carbocycles. The van der Waals surface area contributed by atoms with Gasteiger partial charge in [0.25, 0.3) is 5.91 Å². The first kappa shape index (κ1) is 18.1. The molecule has 0 fully saturated rings. The van der Waals surface area contributed by atoms with Crippen molar-refractivity contribution in [3.05, 3.63) is 51.5 Å². The molecule has 0 aliphatic heterocycles. The average molecular weight is 358 g/mol. The van der Waals surface area contributed by atoms with E-state index < -0.39 is 0 Å². The lowest BCUT2D eigenvalue weighted by Gasteiger charge is -2.26. The van der Waals surface area contributed by atoms with Crippen molar-refractivity contribution in [2.45, 2.75) is 32.7 Å². The monoisotopic (exact) mass is 357 g/mol. The Morgan fingerprint density at radius 2 is 2.20 bits per heavy atom. The average Bonchev–Trinajstić information content (AvgIpc) is 3.01. The molecule has 1 amide bonds. The zero-order chi connectivity index (χ0) is 17.8. The molecule has 2 heterocycles. The normalized spacial score (nSPS) is 16.7. The maximum atomic E-state index is 13.3. The van der Waals surface area contributed by atoms with Crippen LogP contribution in [0.1, 0.15) is 39.7 Å². The predicted octanol–water partition coefficient (Wildman–Crippen LogP) is 3.47. The van der Waals surface area contributed by atoms with Gasteiger partial charge in [-0.2, -0.15) is 0 Å². The minimum atomic E-state index is 0.165. The summed E-state index contributed by atoms with van der Waals surface area (Å²) in [7, 11) is 4.08. The number of thiophene rings is 1. The summed E-state index contributed by atoms with van der Waals surface area (Å²) in [6, 6.07) is 3.96. The van der Waals surface area contributed by atoms with Crippen molar-refractivity contribution < 1.29 is 4.79 Å². The van der Waals surface area contributed by atoms with Crippen LogP contribution in [0.15, 0.2) is 29.9 Å². The van der Waals surface area contributed by atoms with E-state index in [2.05, 4.69) is 22.2 Å². The topological polar surface area (TPSA) is 36.4 Å². The molecule has 1 atom stereocenters. The van der Waals surface area contributed by atoms with Crippen LogP contribution < -0.4 is 0 Å². The van der Waals surface area contributed by atoms with Crippen LogP contribution in [0.2, 0.25) is 0 Å². The molecule has 0 N–H and O–H groups in total. The molecule has 2 aromatic rings. The van der Waals surface area contributed by atoms with E-state index in [1.165, 1.54) is 16.9 Å². The van der Waals surface area contributed by atoms with Gasteiger partial charge in [0.15, 0.2) is 0 Å². The minimum absolute atomic E-state index is 0.165. The van der Waals surface area contributed by atoms with E-state index in [9.17, 15) is 4.79 Å². The SMILES string of the molecule is CC1CCc2c(C(=O)N(CCN(C)C)Cc3cccnc3)csc2C1. The van der Waals surface area contributed by atoms with Gasteiger partial charge in [-0.15, -0.1) is 11.3 Å². The largest absolute Gasteiger partial charge is 0.333 e. The molecular formula is C20H27N3OS. The number of hydrogen-bond acceptors (Lipinski definition) is 4. The van der Waals surface area contributed by atoms with Gasteiger partial charge >= 0.3 is 0 Å². The molecule has 0 saturated carbocycles. The van der Waals surface area contributed by atoms with Gasteiger partial charge in [-0.05, 0) is 56.5 Å². The van der Waals surface area contributed by atoms with E-state index in [4.69, 9.17) is 0 Å². The van der Waals surface area contributed by atoms with Crippen LogP contribution in [-0.4, -0.2) is 47.9 Å². The molecule has 4 nitrogen and oxygen atoms in total. The van der Waals surface area contributed by atoms with Gasteiger partial charge in [-0.1, -0.05) is 13.0 Å². The van der Waals surface area contributed by atoms with Crippen LogP contribution in [0.25, 0.3) is 0 Å². The van der Waals surface area contributed by atoms with Gasteiger partial charge in [-0.3, -0.25) is 9.78 Å². The van der Waals surface area contributed by atoms with E-state index in [0.29, 0.717) is 6.54 Å². The lowest BCUT2D eigenvalue weighted by molar-refractivity contribution is 0.0731. The Kier molecular flexibility index (Phi) is 5.86. The summed E-state index contributed by atoms with van der Waals surface area (Å²) in [5, 5.41) is 2.08. The van der Waals surface area contributed by atoms with Crippen LogP contribution in [0, 0.1) is 5.92 Å².